The lowest BCUT2D eigenvalue weighted by Gasteiger charge is -2.18. The Morgan fingerprint density at radius 3 is 2.03 bits per heavy atom. The van der Waals surface area contributed by atoms with E-state index in [1.54, 1.807) is 12.1 Å². The van der Waals surface area contributed by atoms with Crippen LogP contribution in [0.5, 0.6) is 11.5 Å². The normalized spacial score (nSPS) is 11.1. The van der Waals surface area contributed by atoms with E-state index in [0.29, 0.717) is 44.3 Å². The van der Waals surface area contributed by atoms with Crippen LogP contribution in [0.4, 0.5) is 0 Å². The maximum Gasteiger partial charge on any atom is 0.343 e. The van der Waals surface area contributed by atoms with Gasteiger partial charge in [-0.15, -0.1) is 0 Å². The molecule has 2 rings (SSSR count). The molecule has 0 atom stereocenters. The molecule has 0 unspecified atom stereocenters. The number of hydrogen-bond acceptors (Lipinski definition) is 6. The predicted octanol–water partition coefficient (Wildman–Crippen LogP) is 5.61. The summed E-state index contributed by atoms with van der Waals surface area (Å²) in [5.74, 6) is 1.09. The minimum atomic E-state index is -0.357. The van der Waals surface area contributed by atoms with E-state index in [-0.39, 0.29) is 12.3 Å². The lowest BCUT2D eigenvalue weighted by molar-refractivity contribution is -0.167. The molecule has 0 fully saturated rings. The number of unbranched alkanes of at least 4 members (excludes halogenated alkanes) is 1. The maximum absolute atomic E-state index is 12.4. The summed E-state index contributed by atoms with van der Waals surface area (Å²) in [6.07, 6.45) is 3.05. The highest BCUT2D eigenvalue weighted by molar-refractivity contribution is 5.91. The highest BCUT2D eigenvalue weighted by Crippen LogP contribution is 2.31. The van der Waals surface area contributed by atoms with Crippen molar-refractivity contribution in [3.05, 3.63) is 59.2 Å². The Balaban J connectivity index is 1.86. The van der Waals surface area contributed by atoms with Crippen LogP contribution in [0.1, 0.15) is 62.0 Å². The Morgan fingerprint density at radius 1 is 0.848 bits per heavy atom. The molecular formula is C27H38O6. The van der Waals surface area contributed by atoms with Gasteiger partial charge in [-0.1, -0.05) is 32.0 Å². The molecule has 0 saturated heterocycles. The van der Waals surface area contributed by atoms with Crippen LogP contribution in [-0.4, -0.2) is 45.3 Å². The van der Waals surface area contributed by atoms with E-state index in [1.807, 2.05) is 44.2 Å². The second-order valence-corrected chi connectivity index (χ2v) is 7.50. The molecule has 0 N–H and O–H groups in total. The predicted molar refractivity (Wildman–Crippen MR) is 129 cm³/mol. The van der Waals surface area contributed by atoms with Crippen molar-refractivity contribution in [3.8, 4) is 11.5 Å². The zero-order chi connectivity index (χ0) is 23.9. The van der Waals surface area contributed by atoms with E-state index in [9.17, 15) is 4.79 Å². The van der Waals surface area contributed by atoms with Gasteiger partial charge in [-0.3, -0.25) is 0 Å². The summed E-state index contributed by atoms with van der Waals surface area (Å²) in [5, 5.41) is 0. The van der Waals surface area contributed by atoms with E-state index < -0.39 is 0 Å². The summed E-state index contributed by atoms with van der Waals surface area (Å²) in [5.41, 5.74) is 2.61. The third-order valence-electron chi connectivity index (χ3n) is 5.09. The summed E-state index contributed by atoms with van der Waals surface area (Å²) in [7, 11) is 0. The number of esters is 1. The number of aryl methyl sites for hydroxylation is 2. The lowest BCUT2D eigenvalue weighted by Crippen LogP contribution is -2.23. The molecule has 33 heavy (non-hydrogen) atoms. The van der Waals surface area contributed by atoms with Crippen LogP contribution in [0.2, 0.25) is 0 Å². The Kier molecular flexibility index (Phi) is 12.6. The maximum atomic E-state index is 12.4. The number of ether oxygens (including phenoxy) is 5. The molecule has 0 spiro atoms. The third kappa shape index (κ3) is 9.16. The van der Waals surface area contributed by atoms with E-state index in [1.165, 1.54) is 0 Å². The first-order chi connectivity index (χ1) is 16.1. The topological polar surface area (TPSA) is 63.2 Å². The average molecular weight is 459 g/mol. The second-order valence-electron chi connectivity index (χ2n) is 7.50. The molecule has 0 bridgehead atoms. The Labute approximate surface area is 198 Å². The minimum Gasteiger partial charge on any atom is -0.493 e. The van der Waals surface area contributed by atoms with E-state index in [4.69, 9.17) is 23.7 Å². The number of carbonyl (C=O) groups excluding carboxylic acids is 1. The van der Waals surface area contributed by atoms with E-state index in [0.717, 1.165) is 42.6 Å². The van der Waals surface area contributed by atoms with Crippen molar-refractivity contribution < 1.29 is 28.5 Å². The molecule has 2 aromatic rings. The molecule has 6 heteroatoms. The van der Waals surface area contributed by atoms with Gasteiger partial charge in [0.25, 0.3) is 0 Å². The second kappa shape index (κ2) is 15.4. The van der Waals surface area contributed by atoms with Gasteiger partial charge in [0.05, 0.1) is 18.8 Å². The number of rotatable bonds is 16. The largest absolute Gasteiger partial charge is 0.493 e. The van der Waals surface area contributed by atoms with E-state index in [2.05, 4.69) is 13.8 Å². The highest BCUT2D eigenvalue weighted by Gasteiger charge is 2.14. The molecule has 6 nitrogen and oxygen atoms in total. The summed E-state index contributed by atoms with van der Waals surface area (Å²) in [6.45, 7) is 10.9. The van der Waals surface area contributed by atoms with Crippen LogP contribution in [-0.2, 0) is 27.1 Å². The van der Waals surface area contributed by atoms with Crippen molar-refractivity contribution in [1.82, 2.24) is 0 Å². The first-order valence-corrected chi connectivity index (χ1v) is 12.0. The van der Waals surface area contributed by atoms with Crippen molar-refractivity contribution in [3.63, 3.8) is 0 Å². The third-order valence-corrected chi connectivity index (χ3v) is 5.09. The number of benzene rings is 2. The molecule has 0 aliphatic rings. The molecule has 2 aromatic carbocycles. The quantitative estimate of drug-likeness (QED) is 0.141. The number of hydrogen-bond donors (Lipinski definition) is 0. The fourth-order valence-corrected chi connectivity index (χ4v) is 3.41. The average Bonchev–Trinajstić information content (AvgIpc) is 2.84. The van der Waals surface area contributed by atoms with Crippen molar-refractivity contribution in [2.45, 2.75) is 59.7 Å². The van der Waals surface area contributed by atoms with Crippen molar-refractivity contribution in [2.24, 2.45) is 0 Å². The van der Waals surface area contributed by atoms with Gasteiger partial charge in [0, 0.05) is 19.8 Å². The molecule has 182 valence electrons. The van der Waals surface area contributed by atoms with Gasteiger partial charge in [0.15, 0.2) is 6.29 Å². The van der Waals surface area contributed by atoms with Gasteiger partial charge in [-0.05, 0) is 74.9 Å². The van der Waals surface area contributed by atoms with Crippen LogP contribution in [0.25, 0.3) is 0 Å². The molecule has 0 radical (unpaired) electrons. The van der Waals surface area contributed by atoms with Crippen molar-refractivity contribution in [2.75, 3.05) is 33.0 Å². The van der Waals surface area contributed by atoms with Crippen molar-refractivity contribution in [1.29, 1.82) is 0 Å². The molecule has 0 aliphatic heterocycles. The monoisotopic (exact) mass is 458 g/mol. The Hall–Kier alpha value is -2.41. The van der Waals surface area contributed by atoms with Crippen molar-refractivity contribution >= 4 is 5.97 Å². The van der Waals surface area contributed by atoms with Gasteiger partial charge < -0.3 is 23.7 Å². The van der Waals surface area contributed by atoms with Gasteiger partial charge in [0.2, 0.25) is 0 Å². The lowest BCUT2D eigenvalue weighted by atomic mass is 10.0. The zero-order valence-electron chi connectivity index (χ0n) is 20.4. The van der Waals surface area contributed by atoms with Crippen LogP contribution in [0.15, 0.2) is 42.5 Å². The molecule has 0 aliphatic carbocycles. The fourth-order valence-electron chi connectivity index (χ4n) is 3.41. The van der Waals surface area contributed by atoms with Crippen LogP contribution >= 0.6 is 0 Å². The fraction of sp³-hybridized carbons (Fsp3) is 0.519. The smallest absolute Gasteiger partial charge is 0.343 e. The number of carbonyl (C=O) groups is 1. The van der Waals surface area contributed by atoms with Gasteiger partial charge in [0.1, 0.15) is 11.5 Å². The summed E-state index contributed by atoms with van der Waals surface area (Å²) >= 11 is 0. The van der Waals surface area contributed by atoms with Crippen LogP contribution < -0.4 is 9.47 Å². The van der Waals surface area contributed by atoms with Crippen LogP contribution in [0, 0.1) is 0 Å². The molecule has 0 saturated carbocycles. The van der Waals surface area contributed by atoms with Gasteiger partial charge in [-0.2, -0.15) is 0 Å². The SMILES string of the molecule is CCOC(COCCCCOc1c(CC)cc(OC(=O)c2ccccc2)cc1CC)OCC. The van der Waals surface area contributed by atoms with Crippen LogP contribution in [0.3, 0.4) is 0 Å². The molecule has 0 aromatic heterocycles. The Morgan fingerprint density at radius 2 is 1.45 bits per heavy atom. The molecular weight excluding hydrogens is 420 g/mol. The molecule has 0 heterocycles. The highest BCUT2D eigenvalue weighted by atomic mass is 16.7. The summed E-state index contributed by atoms with van der Waals surface area (Å²) in [4.78, 5) is 12.4. The van der Waals surface area contributed by atoms with Gasteiger partial charge >= 0.3 is 5.97 Å². The Bertz CT molecular complexity index is 790. The first kappa shape index (κ1) is 26.8. The summed E-state index contributed by atoms with van der Waals surface area (Å²) in [6, 6.07) is 12.8. The minimum absolute atomic E-state index is 0.301. The molecule has 0 amide bonds. The first-order valence-electron chi connectivity index (χ1n) is 12.0. The standard InChI is InChI=1S/C27H38O6/c1-5-21-18-24(33-27(28)23-14-10-9-11-15-23)19-22(6-2)26(21)32-17-13-12-16-29-20-25(30-7-3)31-8-4/h9-11,14-15,18-19,25H,5-8,12-13,16-17,20H2,1-4H3. The van der Waals surface area contributed by atoms with E-state index >= 15 is 0 Å². The zero-order valence-corrected chi connectivity index (χ0v) is 20.4. The van der Waals surface area contributed by atoms with Gasteiger partial charge in [-0.25, -0.2) is 4.79 Å². The summed E-state index contributed by atoms with van der Waals surface area (Å²) < 4.78 is 28.4.